The molecule has 17 nitrogen and oxygen atoms in total. The monoisotopic (exact) mass is 1030 g/mol. The van der Waals surface area contributed by atoms with E-state index in [1.54, 1.807) is 25.1 Å². The SMILES string of the molecule is CCCC[N+]1=C(/C=C/C2=CC(=C/C=C3/N(CCC)c4ccc(S(=O)(=O)N(C)CCCC(=O)NCCS(=O)(=O)O)cc4C3(C)C)/CC(C(=O)NCCS(=O)(=O)O)(C(=O)OCC)C2)C(C)(C)c2ccccc21. The van der Waals surface area contributed by atoms with Crippen molar-refractivity contribution >= 4 is 65.1 Å². The molecule has 2 amide bonds. The highest BCUT2D eigenvalue weighted by Gasteiger charge is 2.50. The molecule has 2 heterocycles. The normalized spacial score (nSPS) is 20.0. The quantitative estimate of drug-likeness (QED) is 0.0426. The molecule has 1 unspecified atom stereocenters. The van der Waals surface area contributed by atoms with Crippen LogP contribution in [0, 0.1) is 5.41 Å². The van der Waals surface area contributed by atoms with Crippen LogP contribution in [0.2, 0.25) is 0 Å². The van der Waals surface area contributed by atoms with Gasteiger partial charge in [0, 0.05) is 80.6 Å². The number of hydrogen-bond donors (Lipinski definition) is 4. The van der Waals surface area contributed by atoms with Crippen LogP contribution >= 0.6 is 0 Å². The Balaban J connectivity index is 1.55. The van der Waals surface area contributed by atoms with E-state index in [-0.39, 0.29) is 55.7 Å². The Hall–Kier alpha value is -4.99. The summed E-state index contributed by atoms with van der Waals surface area (Å²) >= 11 is 0. The van der Waals surface area contributed by atoms with Crippen LogP contribution in [0.5, 0.6) is 0 Å². The van der Waals surface area contributed by atoms with Crippen molar-refractivity contribution in [2.24, 2.45) is 5.41 Å². The Morgan fingerprint density at radius 3 is 2.14 bits per heavy atom. The molecule has 2 aliphatic heterocycles. The first-order valence-electron chi connectivity index (χ1n) is 23.8. The number of carbonyl (C=O) groups excluding carboxylic acids is 3. The Morgan fingerprint density at radius 1 is 0.829 bits per heavy atom. The molecule has 0 aromatic heterocycles. The van der Waals surface area contributed by atoms with Crippen LogP contribution in [0.25, 0.3) is 0 Å². The fourth-order valence-electron chi connectivity index (χ4n) is 9.46. The van der Waals surface area contributed by atoms with Gasteiger partial charge in [0.15, 0.2) is 11.1 Å². The zero-order valence-electron chi connectivity index (χ0n) is 41.6. The first-order chi connectivity index (χ1) is 32.7. The fourth-order valence-corrected chi connectivity index (χ4v) is 11.4. The van der Waals surface area contributed by atoms with E-state index in [0.717, 1.165) is 58.5 Å². The van der Waals surface area contributed by atoms with Gasteiger partial charge in [0.25, 0.3) is 20.2 Å². The fraction of sp³-hybridized carbons (Fsp3) is 0.520. The third-order valence-electron chi connectivity index (χ3n) is 13.2. The Bertz CT molecular complexity index is 2830. The summed E-state index contributed by atoms with van der Waals surface area (Å²) in [7, 11) is -11.3. The summed E-state index contributed by atoms with van der Waals surface area (Å²) in [5.41, 5.74) is 4.08. The number of carbonyl (C=O) groups is 3. The number of nitrogens with one attached hydrogen (secondary N) is 2. The van der Waals surface area contributed by atoms with E-state index >= 15 is 0 Å². The molecule has 0 radical (unpaired) electrons. The molecule has 384 valence electrons. The predicted molar refractivity (Wildman–Crippen MR) is 271 cm³/mol. The molecule has 2 aromatic rings. The van der Waals surface area contributed by atoms with Gasteiger partial charge in [0.05, 0.1) is 28.4 Å². The topological polar surface area (TPSA) is 237 Å². The molecule has 2 aromatic carbocycles. The molecule has 5 rings (SSSR count). The van der Waals surface area contributed by atoms with E-state index in [0.29, 0.717) is 17.7 Å². The number of anilines is 1. The van der Waals surface area contributed by atoms with E-state index in [9.17, 15) is 44.2 Å². The van der Waals surface area contributed by atoms with E-state index < -0.39 is 76.9 Å². The van der Waals surface area contributed by atoms with Crippen LogP contribution in [0.1, 0.15) is 105 Å². The van der Waals surface area contributed by atoms with Crippen LogP contribution in [0.4, 0.5) is 11.4 Å². The summed E-state index contributed by atoms with van der Waals surface area (Å²) in [6.45, 7) is 14.8. The number of ether oxygens (including phenoxy) is 1. The number of esters is 1. The van der Waals surface area contributed by atoms with Crippen LogP contribution in [0.15, 0.2) is 94.6 Å². The lowest BCUT2D eigenvalue weighted by Gasteiger charge is -2.34. The maximum atomic E-state index is 14.4. The smallest absolute Gasteiger partial charge is 0.322 e. The molecule has 1 aliphatic carbocycles. The van der Waals surface area contributed by atoms with Gasteiger partial charge >= 0.3 is 5.97 Å². The second-order valence-electron chi connectivity index (χ2n) is 19.1. The largest absolute Gasteiger partial charge is 0.465 e. The first kappa shape index (κ1) is 55.9. The van der Waals surface area contributed by atoms with Gasteiger partial charge in [0.1, 0.15) is 6.54 Å². The third-order valence-corrected chi connectivity index (χ3v) is 16.4. The molecule has 0 saturated carbocycles. The van der Waals surface area contributed by atoms with E-state index in [2.05, 4.69) is 53.0 Å². The minimum atomic E-state index is -4.43. The van der Waals surface area contributed by atoms with Gasteiger partial charge in [-0.25, -0.2) is 12.7 Å². The van der Waals surface area contributed by atoms with Gasteiger partial charge in [-0.3, -0.25) is 23.5 Å². The van der Waals surface area contributed by atoms with Crippen molar-refractivity contribution in [2.45, 2.75) is 109 Å². The van der Waals surface area contributed by atoms with E-state index in [1.807, 2.05) is 63.3 Å². The molecule has 0 saturated heterocycles. The number of fused-ring (bicyclic) bond motifs is 2. The molecule has 20 heteroatoms. The average molecular weight is 1030 g/mol. The van der Waals surface area contributed by atoms with Crippen molar-refractivity contribution in [3.8, 4) is 0 Å². The highest BCUT2D eigenvalue weighted by Crippen LogP contribution is 2.49. The molecule has 70 heavy (non-hydrogen) atoms. The van der Waals surface area contributed by atoms with Gasteiger partial charge in [-0.05, 0) is 87.4 Å². The molecule has 1 atom stereocenters. The summed E-state index contributed by atoms with van der Waals surface area (Å²) in [6, 6.07) is 13.3. The zero-order chi connectivity index (χ0) is 51.9. The predicted octanol–water partition coefficient (Wildman–Crippen LogP) is 6.12. The summed E-state index contributed by atoms with van der Waals surface area (Å²) in [4.78, 5) is 43.0. The van der Waals surface area contributed by atoms with Gasteiger partial charge in [-0.1, -0.05) is 70.5 Å². The molecule has 0 fully saturated rings. The van der Waals surface area contributed by atoms with Crippen LogP contribution < -0.4 is 15.5 Å². The number of nitrogens with zero attached hydrogens (tertiary/aromatic N) is 3. The van der Waals surface area contributed by atoms with Crippen molar-refractivity contribution in [3.05, 3.63) is 101 Å². The van der Waals surface area contributed by atoms with Crippen molar-refractivity contribution < 1.29 is 58.1 Å². The highest BCUT2D eigenvalue weighted by molar-refractivity contribution is 7.89. The lowest BCUT2D eigenvalue weighted by Crippen LogP contribution is -2.49. The van der Waals surface area contributed by atoms with Gasteiger partial charge < -0.3 is 20.3 Å². The summed E-state index contributed by atoms with van der Waals surface area (Å²) in [6.07, 6.45) is 12.4. The number of benzene rings is 2. The minimum Gasteiger partial charge on any atom is -0.465 e. The molecule has 0 bridgehead atoms. The molecule has 4 N–H and O–H groups in total. The number of unbranched alkanes of at least 4 members (excludes halogenated alkanes) is 1. The van der Waals surface area contributed by atoms with Crippen LogP contribution in [-0.4, -0.2) is 125 Å². The Labute approximate surface area is 414 Å². The molecular formula is C50H70N5O12S3+. The van der Waals surface area contributed by atoms with Crippen molar-refractivity contribution in [3.63, 3.8) is 0 Å². The van der Waals surface area contributed by atoms with Crippen molar-refractivity contribution in [1.29, 1.82) is 0 Å². The second-order valence-corrected chi connectivity index (χ2v) is 24.3. The summed E-state index contributed by atoms with van der Waals surface area (Å²) in [5, 5.41) is 4.99. The number of sulfonamides is 1. The zero-order valence-corrected chi connectivity index (χ0v) is 44.0. The highest BCUT2D eigenvalue weighted by atomic mass is 32.2. The first-order valence-corrected chi connectivity index (χ1v) is 28.4. The number of para-hydroxylation sites is 1. The van der Waals surface area contributed by atoms with E-state index in [4.69, 9.17) is 9.29 Å². The molecule has 3 aliphatic rings. The number of hydrogen-bond acceptors (Lipinski definition) is 11. The number of rotatable bonds is 23. The van der Waals surface area contributed by atoms with E-state index in [1.165, 1.54) is 12.6 Å². The summed E-state index contributed by atoms with van der Waals surface area (Å²) < 4.78 is 101. The minimum absolute atomic E-state index is 0.00756. The number of allylic oxidation sites excluding steroid dienone is 8. The Kier molecular flexibility index (Phi) is 18.1. The van der Waals surface area contributed by atoms with Crippen LogP contribution in [0.3, 0.4) is 0 Å². The third kappa shape index (κ3) is 12.9. The molecular weight excluding hydrogens is 959 g/mol. The average Bonchev–Trinajstić information content (AvgIpc) is 3.63. The summed E-state index contributed by atoms with van der Waals surface area (Å²) in [5.74, 6) is -3.37. The standard InChI is InChI=1S/C50H69N5O12S3/c1-9-12-29-55-41-17-14-13-16-39(41)48(4,5)43(55)23-19-36-32-37(35-50(34-36,47(58)67-11-3)46(57)52-26-31-69(62,63)64)20-24-44-49(6,7)40-33-38(21-22-42(40)54(44)27-10-2)70(65,66)53(8)28-15-18-45(56)51-25-30-68(59,60)61/h13-14,16-17,19-24,32-33H,9-12,15,18,25-31,34-35H2,1-8H3,(H3-,51,52,56,57,59,60,61,62,63,64)/p+1. The Morgan fingerprint density at radius 2 is 1.50 bits per heavy atom. The lowest BCUT2D eigenvalue weighted by atomic mass is 9.70. The van der Waals surface area contributed by atoms with Crippen LogP contribution in [-0.2, 0) is 60.2 Å². The van der Waals surface area contributed by atoms with Crippen molar-refractivity contribution in [1.82, 2.24) is 14.9 Å². The van der Waals surface area contributed by atoms with Gasteiger partial charge in [0.2, 0.25) is 27.5 Å². The number of amides is 2. The maximum absolute atomic E-state index is 14.4. The second kappa shape index (κ2) is 22.6. The van der Waals surface area contributed by atoms with Gasteiger partial charge in [-0.2, -0.15) is 21.4 Å². The van der Waals surface area contributed by atoms with Gasteiger partial charge in [-0.15, -0.1) is 0 Å². The molecule has 0 spiro atoms. The lowest BCUT2D eigenvalue weighted by molar-refractivity contribution is -0.438. The van der Waals surface area contributed by atoms with Crippen molar-refractivity contribution in [2.75, 3.05) is 62.8 Å². The maximum Gasteiger partial charge on any atom is 0.322 e.